The molecule has 0 saturated heterocycles. The quantitative estimate of drug-likeness (QED) is 0.633. The van der Waals surface area contributed by atoms with Gasteiger partial charge in [-0.2, -0.15) is 0 Å². The molecular weight excluding hydrogens is 316 g/mol. The van der Waals surface area contributed by atoms with Crippen LogP contribution >= 0.6 is 11.3 Å². The van der Waals surface area contributed by atoms with Crippen molar-refractivity contribution in [3.8, 4) is 17.0 Å². The highest BCUT2D eigenvalue weighted by Gasteiger charge is 2.21. The zero-order chi connectivity index (χ0) is 16.5. The number of benzene rings is 2. The summed E-state index contributed by atoms with van der Waals surface area (Å²) in [6.45, 7) is 2.08. The maximum Gasteiger partial charge on any atom is 0.209 e. The highest BCUT2D eigenvalue weighted by atomic mass is 32.1. The van der Waals surface area contributed by atoms with Gasteiger partial charge in [0.05, 0.1) is 12.8 Å². The summed E-state index contributed by atoms with van der Waals surface area (Å²) in [7, 11) is 1.70. The van der Waals surface area contributed by atoms with Gasteiger partial charge in [0.1, 0.15) is 5.75 Å². The second kappa shape index (κ2) is 6.21. The third-order valence-corrected chi connectivity index (χ3v) is 5.30. The van der Waals surface area contributed by atoms with E-state index in [9.17, 15) is 0 Å². The van der Waals surface area contributed by atoms with Crippen molar-refractivity contribution in [3.05, 3.63) is 64.0 Å². The molecule has 4 rings (SSSR count). The molecule has 0 saturated carbocycles. The van der Waals surface area contributed by atoms with Crippen LogP contribution in [0.2, 0.25) is 0 Å². The van der Waals surface area contributed by atoms with E-state index in [4.69, 9.17) is 9.72 Å². The maximum atomic E-state index is 5.36. The third kappa shape index (κ3) is 2.85. The van der Waals surface area contributed by atoms with Crippen LogP contribution in [0.1, 0.15) is 21.6 Å². The lowest BCUT2D eigenvalue weighted by molar-refractivity contribution is 0.415. The monoisotopic (exact) mass is 334 g/mol. The first-order valence-corrected chi connectivity index (χ1v) is 8.82. The standard InChI is InChI=1S/C20H18N2OS/c1-13-3-5-14(6-4-13)12-21-20-22-19-17-11-16(23-2)9-7-15(17)8-10-18(19)24-20/h3-7,9,11-12H,8,10H2,1-2H3. The van der Waals surface area contributed by atoms with E-state index in [-0.39, 0.29) is 0 Å². The number of fused-ring (bicyclic) bond motifs is 3. The molecule has 0 bridgehead atoms. The predicted octanol–water partition coefficient (Wildman–Crippen LogP) is 4.98. The molecule has 24 heavy (non-hydrogen) atoms. The highest BCUT2D eigenvalue weighted by molar-refractivity contribution is 7.15. The predicted molar refractivity (Wildman–Crippen MR) is 99.9 cm³/mol. The molecular formula is C20H18N2OS. The number of thiazole rings is 1. The Hall–Kier alpha value is -2.46. The number of aromatic nitrogens is 1. The summed E-state index contributed by atoms with van der Waals surface area (Å²) in [6, 6.07) is 14.6. The van der Waals surface area contributed by atoms with Gasteiger partial charge < -0.3 is 4.74 Å². The van der Waals surface area contributed by atoms with E-state index in [0.29, 0.717) is 0 Å². The van der Waals surface area contributed by atoms with Crippen LogP contribution in [0.4, 0.5) is 5.13 Å². The number of rotatable bonds is 3. The second-order valence-corrected chi connectivity index (χ2v) is 7.02. The van der Waals surface area contributed by atoms with E-state index >= 15 is 0 Å². The van der Waals surface area contributed by atoms with Gasteiger partial charge in [-0.3, -0.25) is 0 Å². The zero-order valence-corrected chi connectivity index (χ0v) is 14.6. The van der Waals surface area contributed by atoms with Crippen molar-refractivity contribution in [2.75, 3.05) is 7.11 Å². The molecule has 2 aromatic carbocycles. The molecule has 0 radical (unpaired) electrons. The van der Waals surface area contributed by atoms with Crippen molar-refractivity contribution in [2.45, 2.75) is 19.8 Å². The smallest absolute Gasteiger partial charge is 0.209 e. The van der Waals surface area contributed by atoms with Crippen LogP contribution in [0.15, 0.2) is 47.5 Å². The number of aryl methyl sites for hydroxylation is 3. The van der Waals surface area contributed by atoms with Gasteiger partial charge in [-0.15, -0.1) is 0 Å². The van der Waals surface area contributed by atoms with E-state index in [0.717, 1.165) is 35.0 Å². The van der Waals surface area contributed by atoms with Gasteiger partial charge in [0.2, 0.25) is 5.13 Å². The van der Waals surface area contributed by atoms with Crippen LogP contribution in [-0.2, 0) is 12.8 Å². The summed E-state index contributed by atoms with van der Waals surface area (Å²) in [4.78, 5) is 10.7. The van der Waals surface area contributed by atoms with Crippen LogP contribution < -0.4 is 4.74 Å². The third-order valence-electron chi connectivity index (χ3n) is 4.28. The van der Waals surface area contributed by atoms with Crippen LogP contribution in [0.3, 0.4) is 0 Å². The normalized spacial score (nSPS) is 12.9. The fourth-order valence-corrected chi connectivity index (χ4v) is 3.85. The van der Waals surface area contributed by atoms with Crippen molar-refractivity contribution in [2.24, 2.45) is 4.99 Å². The van der Waals surface area contributed by atoms with Gasteiger partial charge >= 0.3 is 0 Å². The van der Waals surface area contributed by atoms with Gasteiger partial charge in [-0.05, 0) is 43.0 Å². The molecule has 3 nitrogen and oxygen atoms in total. The molecule has 0 amide bonds. The molecule has 1 aliphatic rings. The van der Waals surface area contributed by atoms with E-state index in [1.807, 2.05) is 12.3 Å². The van der Waals surface area contributed by atoms with Crippen molar-refractivity contribution >= 4 is 22.7 Å². The highest BCUT2D eigenvalue weighted by Crippen LogP contribution is 2.40. The molecule has 0 unspecified atom stereocenters. The molecule has 3 aromatic rings. The Labute approximate surface area is 145 Å². The number of hydrogen-bond donors (Lipinski definition) is 0. The number of ether oxygens (including phenoxy) is 1. The Bertz CT molecular complexity index is 910. The first-order valence-electron chi connectivity index (χ1n) is 8.00. The fraction of sp³-hybridized carbons (Fsp3) is 0.200. The topological polar surface area (TPSA) is 34.5 Å². The first kappa shape index (κ1) is 15.1. The van der Waals surface area contributed by atoms with E-state index < -0.39 is 0 Å². The zero-order valence-electron chi connectivity index (χ0n) is 13.7. The number of hydrogen-bond acceptors (Lipinski definition) is 4. The summed E-state index contributed by atoms with van der Waals surface area (Å²) < 4.78 is 5.36. The summed E-state index contributed by atoms with van der Waals surface area (Å²) in [5, 5.41) is 0.816. The van der Waals surface area contributed by atoms with E-state index in [1.165, 1.54) is 21.6 Å². The number of methoxy groups -OCH3 is 1. The second-order valence-electron chi connectivity index (χ2n) is 5.96. The van der Waals surface area contributed by atoms with E-state index in [2.05, 4.69) is 48.3 Å². The molecule has 0 spiro atoms. The Balaban J connectivity index is 1.67. The summed E-state index contributed by atoms with van der Waals surface area (Å²) in [5.41, 5.74) is 5.93. The van der Waals surface area contributed by atoms with Crippen molar-refractivity contribution < 1.29 is 4.74 Å². The molecule has 0 atom stereocenters. The van der Waals surface area contributed by atoms with Gasteiger partial charge in [0.15, 0.2) is 0 Å². The molecule has 0 N–H and O–H groups in total. The van der Waals surface area contributed by atoms with Crippen molar-refractivity contribution in [1.82, 2.24) is 4.98 Å². The average Bonchev–Trinajstić information content (AvgIpc) is 3.04. The van der Waals surface area contributed by atoms with Crippen molar-refractivity contribution in [3.63, 3.8) is 0 Å². The molecule has 120 valence electrons. The fourth-order valence-electron chi connectivity index (χ4n) is 2.93. The lowest BCUT2D eigenvalue weighted by atomic mass is 9.93. The molecule has 1 aliphatic carbocycles. The van der Waals surface area contributed by atoms with E-state index in [1.54, 1.807) is 18.4 Å². The van der Waals surface area contributed by atoms with Crippen LogP contribution in [0, 0.1) is 6.92 Å². The average molecular weight is 334 g/mol. The molecule has 0 aliphatic heterocycles. The summed E-state index contributed by atoms with van der Waals surface area (Å²) >= 11 is 1.68. The van der Waals surface area contributed by atoms with Crippen LogP contribution in [-0.4, -0.2) is 18.3 Å². The molecule has 4 heteroatoms. The minimum atomic E-state index is 0.816. The van der Waals surface area contributed by atoms with Crippen LogP contribution in [0.25, 0.3) is 11.3 Å². The molecule has 1 heterocycles. The summed E-state index contributed by atoms with van der Waals surface area (Å²) in [6.07, 6.45) is 3.97. The lowest BCUT2D eigenvalue weighted by Crippen LogP contribution is -2.02. The van der Waals surface area contributed by atoms with Gasteiger partial charge in [-0.1, -0.05) is 47.2 Å². The molecule has 0 fully saturated rings. The van der Waals surface area contributed by atoms with Crippen LogP contribution in [0.5, 0.6) is 5.75 Å². The Morgan fingerprint density at radius 3 is 2.75 bits per heavy atom. The van der Waals surface area contributed by atoms with Gasteiger partial charge in [0.25, 0.3) is 0 Å². The molecule has 1 aromatic heterocycles. The van der Waals surface area contributed by atoms with Gasteiger partial charge in [0, 0.05) is 16.7 Å². The largest absolute Gasteiger partial charge is 0.497 e. The Morgan fingerprint density at radius 1 is 1.12 bits per heavy atom. The SMILES string of the molecule is COc1ccc2c(c1)-c1nc(N=Cc3ccc(C)cc3)sc1CC2. The Kier molecular flexibility index (Phi) is 3.90. The van der Waals surface area contributed by atoms with Gasteiger partial charge in [-0.25, -0.2) is 9.98 Å². The first-order chi connectivity index (χ1) is 11.7. The minimum absolute atomic E-state index is 0.816. The number of aliphatic imine (C=N–C) groups is 1. The lowest BCUT2D eigenvalue weighted by Gasteiger charge is -2.15. The maximum absolute atomic E-state index is 5.36. The minimum Gasteiger partial charge on any atom is -0.497 e. The number of nitrogens with zero attached hydrogens (tertiary/aromatic N) is 2. The Morgan fingerprint density at radius 2 is 1.96 bits per heavy atom. The van der Waals surface area contributed by atoms with Crippen molar-refractivity contribution in [1.29, 1.82) is 0 Å². The summed E-state index contributed by atoms with van der Waals surface area (Å²) in [5.74, 6) is 0.874.